The Hall–Kier alpha value is -1.27. The molecule has 1 aromatic carbocycles. The summed E-state index contributed by atoms with van der Waals surface area (Å²) in [5, 5.41) is 0. The van der Waals surface area contributed by atoms with Gasteiger partial charge in [0.1, 0.15) is 0 Å². The van der Waals surface area contributed by atoms with E-state index in [9.17, 15) is 18.0 Å². The molecule has 1 atom stereocenters. The molecule has 2 heterocycles. The standard InChI is InChI=1S/C19H25F3N2O.ClH/c20-19(21,22)16-8-6-15(7-9-16)13-18(25)24-12-2-1-5-17(24)14-23-10-3-4-11-23;/h6-9,17H,1-5,10-14H2;1H/t17-;/m1./s1. The Morgan fingerprint density at radius 2 is 1.62 bits per heavy atom. The summed E-state index contributed by atoms with van der Waals surface area (Å²) in [6, 6.07) is 5.19. The molecule has 2 aliphatic rings. The first-order chi connectivity index (χ1) is 11.9. The summed E-state index contributed by atoms with van der Waals surface area (Å²) in [6.45, 7) is 3.91. The van der Waals surface area contributed by atoms with Crippen molar-refractivity contribution < 1.29 is 18.0 Å². The van der Waals surface area contributed by atoms with Crippen molar-refractivity contribution >= 4 is 18.3 Å². The number of carbonyl (C=O) groups excluding carboxylic acids is 1. The lowest BCUT2D eigenvalue weighted by molar-refractivity contribution is -0.137. The number of carbonyl (C=O) groups is 1. The number of amides is 1. The van der Waals surface area contributed by atoms with Gasteiger partial charge in [-0.05, 0) is 62.9 Å². The van der Waals surface area contributed by atoms with E-state index in [0.29, 0.717) is 5.56 Å². The van der Waals surface area contributed by atoms with Crippen molar-refractivity contribution in [2.45, 2.75) is 50.7 Å². The molecule has 0 aromatic heterocycles. The van der Waals surface area contributed by atoms with Gasteiger partial charge in [-0.1, -0.05) is 12.1 Å². The molecule has 0 unspecified atom stereocenters. The van der Waals surface area contributed by atoms with E-state index in [-0.39, 0.29) is 30.8 Å². The normalized spacial score (nSPS) is 21.5. The zero-order chi connectivity index (χ0) is 17.9. The van der Waals surface area contributed by atoms with Crippen molar-refractivity contribution in [1.29, 1.82) is 0 Å². The summed E-state index contributed by atoms with van der Waals surface area (Å²) in [7, 11) is 0. The minimum Gasteiger partial charge on any atom is -0.338 e. The molecule has 2 saturated heterocycles. The highest BCUT2D eigenvalue weighted by molar-refractivity contribution is 5.85. The molecule has 3 nitrogen and oxygen atoms in total. The number of hydrogen-bond acceptors (Lipinski definition) is 2. The third-order valence-corrected chi connectivity index (χ3v) is 5.25. The Labute approximate surface area is 158 Å². The van der Waals surface area contributed by atoms with Gasteiger partial charge in [0.2, 0.25) is 5.91 Å². The van der Waals surface area contributed by atoms with Crippen LogP contribution in [0.2, 0.25) is 0 Å². The molecule has 2 fully saturated rings. The molecule has 0 aliphatic carbocycles. The Morgan fingerprint density at radius 1 is 1.00 bits per heavy atom. The third kappa shape index (κ3) is 5.36. The van der Waals surface area contributed by atoms with Crippen LogP contribution in [0, 0.1) is 0 Å². The van der Waals surface area contributed by atoms with E-state index in [1.165, 1.54) is 25.0 Å². The van der Waals surface area contributed by atoms with E-state index in [2.05, 4.69) is 4.90 Å². The minimum atomic E-state index is -4.34. The highest BCUT2D eigenvalue weighted by Crippen LogP contribution is 2.29. The van der Waals surface area contributed by atoms with Crippen LogP contribution in [-0.4, -0.2) is 47.9 Å². The summed E-state index contributed by atoms with van der Waals surface area (Å²) in [4.78, 5) is 17.1. The fourth-order valence-electron chi connectivity index (χ4n) is 3.87. The number of alkyl halides is 3. The highest BCUT2D eigenvalue weighted by atomic mass is 35.5. The fraction of sp³-hybridized carbons (Fsp3) is 0.632. The van der Waals surface area contributed by atoms with Crippen molar-refractivity contribution in [3.63, 3.8) is 0 Å². The van der Waals surface area contributed by atoms with Gasteiger partial charge in [0.05, 0.1) is 12.0 Å². The quantitative estimate of drug-likeness (QED) is 0.771. The molecule has 0 bridgehead atoms. The highest BCUT2D eigenvalue weighted by Gasteiger charge is 2.31. The molecule has 1 amide bonds. The first-order valence-electron chi connectivity index (χ1n) is 9.11. The molecular formula is C19H26ClF3N2O. The van der Waals surface area contributed by atoms with Gasteiger partial charge in [-0.3, -0.25) is 4.79 Å². The molecule has 7 heteroatoms. The SMILES string of the molecule is Cl.O=C(Cc1ccc(C(F)(F)F)cc1)N1CCCC[C@@H]1CN1CCCC1. The van der Waals surface area contributed by atoms with E-state index in [1.807, 2.05) is 4.90 Å². The van der Waals surface area contributed by atoms with E-state index in [1.54, 1.807) is 0 Å². The van der Waals surface area contributed by atoms with Gasteiger partial charge in [-0.15, -0.1) is 12.4 Å². The van der Waals surface area contributed by atoms with Gasteiger partial charge in [-0.25, -0.2) is 0 Å². The molecular weight excluding hydrogens is 365 g/mol. The van der Waals surface area contributed by atoms with Crippen molar-refractivity contribution in [1.82, 2.24) is 9.80 Å². The van der Waals surface area contributed by atoms with Crippen LogP contribution in [0.15, 0.2) is 24.3 Å². The number of rotatable bonds is 4. The minimum absolute atomic E-state index is 0. The van der Waals surface area contributed by atoms with Gasteiger partial charge < -0.3 is 9.80 Å². The van der Waals surface area contributed by atoms with Gasteiger partial charge in [0.15, 0.2) is 0 Å². The van der Waals surface area contributed by atoms with Crippen LogP contribution >= 0.6 is 12.4 Å². The van der Waals surface area contributed by atoms with E-state index in [0.717, 1.165) is 57.6 Å². The maximum absolute atomic E-state index is 12.7. The molecule has 0 spiro atoms. The van der Waals surface area contributed by atoms with Crippen LogP contribution < -0.4 is 0 Å². The third-order valence-electron chi connectivity index (χ3n) is 5.25. The smallest absolute Gasteiger partial charge is 0.338 e. The molecule has 0 radical (unpaired) electrons. The Kier molecular flexibility index (Phi) is 7.35. The van der Waals surface area contributed by atoms with Crippen LogP contribution in [0.5, 0.6) is 0 Å². The van der Waals surface area contributed by atoms with Crippen LogP contribution in [0.4, 0.5) is 13.2 Å². The molecule has 1 aromatic rings. The van der Waals surface area contributed by atoms with Crippen LogP contribution in [0.1, 0.15) is 43.2 Å². The predicted octanol–water partition coefficient (Wildman–Crippen LogP) is 4.15. The summed E-state index contributed by atoms with van der Waals surface area (Å²) >= 11 is 0. The number of piperidine rings is 1. The Balaban J connectivity index is 0.00000243. The first kappa shape index (κ1) is 21.0. The molecule has 3 rings (SSSR count). The number of hydrogen-bond donors (Lipinski definition) is 0. The van der Waals surface area contributed by atoms with E-state index < -0.39 is 11.7 Å². The van der Waals surface area contributed by atoms with Gasteiger partial charge in [0.25, 0.3) is 0 Å². The summed E-state index contributed by atoms with van der Waals surface area (Å²) in [6.07, 6.45) is 1.47. The van der Waals surface area contributed by atoms with Crippen molar-refractivity contribution in [2.75, 3.05) is 26.2 Å². The topological polar surface area (TPSA) is 23.6 Å². The molecule has 0 N–H and O–H groups in total. The largest absolute Gasteiger partial charge is 0.416 e. The van der Waals surface area contributed by atoms with Gasteiger partial charge in [-0.2, -0.15) is 13.2 Å². The second-order valence-corrected chi connectivity index (χ2v) is 7.12. The predicted molar refractivity (Wildman–Crippen MR) is 97.4 cm³/mol. The monoisotopic (exact) mass is 390 g/mol. The lowest BCUT2D eigenvalue weighted by atomic mass is 10.00. The van der Waals surface area contributed by atoms with Crippen molar-refractivity contribution in [2.24, 2.45) is 0 Å². The van der Waals surface area contributed by atoms with Crippen LogP contribution in [0.3, 0.4) is 0 Å². The first-order valence-corrected chi connectivity index (χ1v) is 9.11. The molecule has 26 heavy (non-hydrogen) atoms. The lowest BCUT2D eigenvalue weighted by Gasteiger charge is -2.38. The molecule has 0 saturated carbocycles. The van der Waals surface area contributed by atoms with Crippen LogP contribution in [-0.2, 0) is 17.4 Å². The zero-order valence-corrected chi connectivity index (χ0v) is 15.6. The Morgan fingerprint density at radius 3 is 2.23 bits per heavy atom. The Bertz CT molecular complexity index is 585. The number of nitrogens with zero attached hydrogens (tertiary/aromatic N) is 2. The summed E-state index contributed by atoms with van der Waals surface area (Å²) < 4.78 is 37.9. The number of halogens is 4. The van der Waals surface area contributed by atoms with E-state index >= 15 is 0 Å². The molecule has 146 valence electrons. The number of benzene rings is 1. The lowest BCUT2D eigenvalue weighted by Crippen LogP contribution is -2.49. The second-order valence-electron chi connectivity index (χ2n) is 7.12. The maximum atomic E-state index is 12.7. The maximum Gasteiger partial charge on any atom is 0.416 e. The van der Waals surface area contributed by atoms with Gasteiger partial charge >= 0.3 is 6.18 Å². The second kappa shape index (κ2) is 9.09. The number of likely N-dealkylation sites (tertiary alicyclic amines) is 2. The summed E-state index contributed by atoms with van der Waals surface area (Å²) in [5.74, 6) is 0.0312. The van der Waals surface area contributed by atoms with Crippen molar-refractivity contribution in [3.8, 4) is 0 Å². The fourth-order valence-corrected chi connectivity index (χ4v) is 3.87. The zero-order valence-electron chi connectivity index (χ0n) is 14.8. The molecule has 2 aliphatic heterocycles. The average molecular weight is 391 g/mol. The summed E-state index contributed by atoms with van der Waals surface area (Å²) in [5.41, 5.74) is -0.0305. The van der Waals surface area contributed by atoms with Crippen LogP contribution in [0.25, 0.3) is 0 Å². The average Bonchev–Trinajstić information content (AvgIpc) is 3.08. The van der Waals surface area contributed by atoms with Gasteiger partial charge in [0, 0.05) is 19.1 Å². The van der Waals surface area contributed by atoms with E-state index in [4.69, 9.17) is 0 Å². The van der Waals surface area contributed by atoms with Crippen molar-refractivity contribution in [3.05, 3.63) is 35.4 Å².